The van der Waals surface area contributed by atoms with Crippen LogP contribution in [0.15, 0.2) is 16.5 Å². The molecule has 2 bridgehead atoms. The second kappa shape index (κ2) is 7.88. The lowest BCUT2D eigenvalue weighted by Crippen LogP contribution is -2.56. The van der Waals surface area contributed by atoms with Crippen molar-refractivity contribution in [3.63, 3.8) is 0 Å². The molecule has 1 aliphatic heterocycles. The van der Waals surface area contributed by atoms with Gasteiger partial charge in [-0.2, -0.15) is 31.3 Å². The van der Waals surface area contributed by atoms with Crippen molar-refractivity contribution < 1.29 is 35.5 Å². The maximum atomic E-state index is 13.6. The molecule has 3 aromatic heterocycles. The molecule has 9 nitrogen and oxygen atoms in total. The molecule has 4 heterocycles. The first-order valence-corrected chi connectivity index (χ1v) is 10.8. The largest absolute Gasteiger partial charge is 0.480 e. The van der Waals surface area contributed by atoms with Crippen molar-refractivity contribution in [1.82, 2.24) is 24.8 Å². The van der Waals surface area contributed by atoms with Gasteiger partial charge in [0.1, 0.15) is 5.69 Å². The van der Waals surface area contributed by atoms with Crippen LogP contribution in [0.5, 0.6) is 5.75 Å². The van der Waals surface area contributed by atoms with E-state index in [1.54, 1.807) is 6.92 Å². The fourth-order valence-electron chi connectivity index (χ4n) is 5.00. The number of pyridine rings is 1. The number of fused-ring (bicyclic) bond motifs is 3. The summed E-state index contributed by atoms with van der Waals surface area (Å²) in [5.74, 6) is -0.0199. The van der Waals surface area contributed by atoms with Crippen molar-refractivity contribution in [3.8, 4) is 5.75 Å². The van der Waals surface area contributed by atoms with Crippen LogP contribution in [0, 0.1) is 18.8 Å². The molecule has 2 aliphatic rings. The number of piperidine rings is 1. The Labute approximate surface area is 194 Å². The highest BCUT2D eigenvalue weighted by atomic mass is 19.4. The van der Waals surface area contributed by atoms with Crippen LogP contribution in [-0.4, -0.2) is 56.2 Å². The lowest BCUT2D eigenvalue weighted by atomic mass is 9.78. The van der Waals surface area contributed by atoms with Crippen molar-refractivity contribution in [2.45, 2.75) is 44.6 Å². The van der Waals surface area contributed by atoms with Crippen LogP contribution in [-0.2, 0) is 6.18 Å². The molecule has 190 valence electrons. The molecule has 1 saturated carbocycles. The van der Waals surface area contributed by atoms with Crippen LogP contribution >= 0.6 is 0 Å². The highest BCUT2D eigenvalue weighted by Gasteiger charge is 2.52. The van der Waals surface area contributed by atoms with Gasteiger partial charge in [0.15, 0.2) is 18.0 Å². The lowest BCUT2D eigenvalue weighted by molar-refractivity contribution is -0.153. The molecule has 5 rings (SSSR count). The van der Waals surface area contributed by atoms with Gasteiger partial charge in [0, 0.05) is 25.6 Å². The summed E-state index contributed by atoms with van der Waals surface area (Å²) in [5.41, 5.74) is -2.20. The normalized spacial score (nSPS) is 24.9. The van der Waals surface area contributed by atoms with Gasteiger partial charge in [-0.25, -0.2) is 4.52 Å². The monoisotopic (exact) mass is 505 g/mol. The second-order valence-electron chi connectivity index (χ2n) is 9.04. The van der Waals surface area contributed by atoms with E-state index in [2.05, 4.69) is 25.6 Å². The minimum absolute atomic E-state index is 0.0584. The van der Waals surface area contributed by atoms with Gasteiger partial charge in [-0.15, -0.1) is 10.2 Å². The quantitative estimate of drug-likeness (QED) is 0.519. The number of hydrogen-bond donors (Lipinski definition) is 1. The van der Waals surface area contributed by atoms with Gasteiger partial charge in [-0.05, 0) is 43.7 Å². The SMILES string of the molecule is Cc1nnc(N2C[C@H]3CC[C@@H](C2)[C@]3(C)Nc2nc3c(OCC(F)(F)F)ccc(C(F)(F)F)n3n2)o1. The predicted molar refractivity (Wildman–Crippen MR) is 109 cm³/mol. The molecule has 0 aromatic carbocycles. The summed E-state index contributed by atoms with van der Waals surface area (Å²) in [7, 11) is 0. The Morgan fingerprint density at radius 3 is 2.37 bits per heavy atom. The Morgan fingerprint density at radius 1 is 1.11 bits per heavy atom. The van der Waals surface area contributed by atoms with Gasteiger partial charge < -0.3 is 19.4 Å². The number of nitrogens with zero attached hydrogens (tertiary/aromatic N) is 6. The number of halogens is 6. The molecule has 1 saturated heterocycles. The number of alkyl halides is 6. The van der Waals surface area contributed by atoms with Crippen LogP contribution < -0.4 is 15.0 Å². The summed E-state index contributed by atoms with van der Waals surface area (Å²) >= 11 is 0. The Morgan fingerprint density at radius 2 is 1.80 bits per heavy atom. The topological polar surface area (TPSA) is 93.6 Å². The van der Waals surface area contributed by atoms with Gasteiger partial charge in [0.05, 0.1) is 0 Å². The van der Waals surface area contributed by atoms with Gasteiger partial charge in [-0.3, -0.25) is 0 Å². The van der Waals surface area contributed by atoms with E-state index in [1.807, 2.05) is 11.8 Å². The van der Waals surface area contributed by atoms with Crippen LogP contribution in [0.3, 0.4) is 0 Å². The van der Waals surface area contributed by atoms with Gasteiger partial charge in [-0.1, -0.05) is 5.10 Å². The third-order valence-electron chi connectivity index (χ3n) is 6.74. The molecule has 35 heavy (non-hydrogen) atoms. The molecule has 3 atom stereocenters. The third-order valence-corrected chi connectivity index (χ3v) is 6.74. The second-order valence-corrected chi connectivity index (χ2v) is 9.04. The minimum Gasteiger partial charge on any atom is -0.480 e. The van der Waals surface area contributed by atoms with Crippen LogP contribution in [0.2, 0.25) is 0 Å². The zero-order valence-electron chi connectivity index (χ0n) is 18.6. The zero-order chi connectivity index (χ0) is 25.2. The Kier molecular flexibility index (Phi) is 5.29. The highest BCUT2D eigenvalue weighted by Crippen LogP contribution is 2.47. The molecule has 0 unspecified atom stereocenters. The fourth-order valence-corrected chi connectivity index (χ4v) is 5.00. The number of anilines is 2. The van der Waals surface area contributed by atoms with E-state index in [0.717, 1.165) is 18.9 Å². The number of aryl methyl sites for hydroxylation is 1. The van der Waals surface area contributed by atoms with Crippen molar-refractivity contribution in [1.29, 1.82) is 0 Å². The minimum atomic E-state index is -4.80. The Balaban J connectivity index is 1.45. The summed E-state index contributed by atoms with van der Waals surface area (Å²) in [5, 5.41) is 15.1. The average Bonchev–Trinajstić information content (AvgIpc) is 3.38. The molecule has 0 spiro atoms. The smallest absolute Gasteiger partial charge is 0.433 e. The van der Waals surface area contributed by atoms with Gasteiger partial charge in [0.2, 0.25) is 11.8 Å². The average molecular weight is 505 g/mol. The first-order valence-electron chi connectivity index (χ1n) is 10.8. The summed E-state index contributed by atoms with van der Waals surface area (Å²) in [4.78, 5) is 6.08. The molecular weight excluding hydrogens is 484 g/mol. The van der Waals surface area contributed by atoms with Crippen LogP contribution in [0.4, 0.5) is 38.3 Å². The number of hydrogen-bond acceptors (Lipinski definition) is 8. The summed E-state index contributed by atoms with van der Waals surface area (Å²) in [6, 6.07) is 1.85. The number of nitrogens with one attached hydrogen (secondary N) is 1. The van der Waals surface area contributed by atoms with E-state index in [0.29, 0.717) is 35.6 Å². The highest BCUT2D eigenvalue weighted by molar-refractivity contribution is 5.58. The molecule has 2 fully saturated rings. The van der Waals surface area contributed by atoms with E-state index in [-0.39, 0.29) is 17.8 Å². The number of rotatable bonds is 5. The fraction of sp³-hybridized carbons (Fsp3) is 0.600. The van der Waals surface area contributed by atoms with Gasteiger partial charge >= 0.3 is 18.4 Å². The van der Waals surface area contributed by atoms with Crippen molar-refractivity contribution in [3.05, 3.63) is 23.7 Å². The van der Waals surface area contributed by atoms with Crippen LogP contribution in [0.1, 0.15) is 31.4 Å². The van der Waals surface area contributed by atoms with Crippen molar-refractivity contribution in [2.24, 2.45) is 11.8 Å². The zero-order valence-corrected chi connectivity index (χ0v) is 18.6. The van der Waals surface area contributed by atoms with Gasteiger partial charge in [0.25, 0.3) is 0 Å². The molecule has 1 N–H and O–H groups in total. The molecular formula is C20H21F6N7O2. The molecule has 0 amide bonds. The van der Waals surface area contributed by atoms with E-state index in [9.17, 15) is 26.3 Å². The van der Waals surface area contributed by atoms with E-state index >= 15 is 0 Å². The standard InChI is InChI=1S/C20H21F6N7O2/c1-10-29-30-17(35-10)32-7-11-3-4-12(8-32)18(11,2)28-16-27-15-13(34-9-19(21,22)23)5-6-14(20(24,25)26)33(15)31-16/h5-6,11-12H,3-4,7-9H2,1-2H3,(H,28,31)/t11-,12+,18-. The summed E-state index contributed by atoms with van der Waals surface area (Å²) < 4.78 is 89.3. The van der Waals surface area contributed by atoms with Crippen molar-refractivity contribution >= 4 is 17.6 Å². The molecule has 3 aromatic rings. The number of aromatic nitrogens is 5. The number of ether oxygens (including phenoxy) is 1. The Bertz CT molecular complexity index is 1220. The lowest BCUT2D eigenvalue weighted by Gasteiger charge is -2.45. The van der Waals surface area contributed by atoms with Crippen molar-refractivity contribution in [2.75, 3.05) is 29.9 Å². The maximum Gasteiger partial charge on any atom is 0.433 e. The maximum absolute atomic E-state index is 13.6. The molecule has 1 aliphatic carbocycles. The molecule has 15 heteroatoms. The third kappa shape index (κ3) is 4.31. The van der Waals surface area contributed by atoms with Crippen LogP contribution in [0.25, 0.3) is 5.65 Å². The van der Waals surface area contributed by atoms with E-state index in [4.69, 9.17) is 9.15 Å². The van der Waals surface area contributed by atoms with E-state index < -0.39 is 41.6 Å². The Hall–Kier alpha value is -3.26. The first kappa shape index (κ1) is 23.5. The summed E-state index contributed by atoms with van der Waals surface area (Å²) in [6.45, 7) is 3.11. The molecule has 0 radical (unpaired) electrons. The first-order chi connectivity index (χ1) is 16.3. The predicted octanol–water partition coefficient (Wildman–Crippen LogP) is 4.10. The summed E-state index contributed by atoms with van der Waals surface area (Å²) in [6.07, 6.45) is -7.78. The van der Waals surface area contributed by atoms with E-state index in [1.165, 1.54) is 0 Å².